The minimum atomic E-state index is -3.83. The number of anilines is 1. The Morgan fingerprint density at radius 2 is 2.03 bits per heavy atom. The number of carbonyl (C=O) groups excluding carboxylic acids is 3. The van der Waals surface area contributed by atoms with E-state index < -0.39 is 34.5 Å². The number of aryl methyl sites for hydroxylation is 1. The van der Waals surface area contributed by atoms with E-state index in [9.17, 15) is 22.8 Å². The average Bonchev–Trinajstić information content (AvgIpc) is 3.14. The summed E-state index contributed by atoms with van der Waals surface area (Å²) in [5.41, 5.74) is 0.829. The first kappa shape index (κ1) is 21.2. The number of benzene rings is 1. The molecule has 158 valence electrons. The summed E-state index contributed by atoms with van der Waals surface area (Å²) in [5.74, 6) is -1.62. The molecule has 0 aromatic heterocycles. The number of nitrogens with one attached hydrogen (secondary N) is 2. The second kappa shape index (κ2) is 8.89. The zero-order chi connectivity index (χ0) is 21.0. The van der Waals surface area contributed by atoms with Crippen molar-refractivity contribution in [3.63, 3.8) is 0 Å². The Kier molecular flexibility index (Phi) is 6.50. The molecule has 2 saturated heterocycles. The molecule has 11 heteroatoms. The van der Waals surface area contributed by atoms with Gasteiger partial charge in [-0.3, -0.25) is 9.59 Å². The summed E-state index contributed by atoms with van der Waals surface area (Å²) in [5, 5.41) is 4.96. The number of esters is 1. The van der Waals surface area contributed by atoms with Gasteiger partial charge >= 0.3 is 5.97 Å². The number of hydrogen-bond donors (Lipinski definition) is 2. The Bertz CT molecular complexity index is 910. The molecule has 0 radical (unpaired) electrons. The quantitative estimate of drug-likeness (QED) is 0.602. The number of hydrogen-bond acceptors (Lipinski definition) is 7. The molecular formula is C18H23N3O7S. The van der Waals surface area contributed by atoms with Crippen LogP contribution in [0, 0.1) is 6.92 Å². The number of rotatable bonds is 6. The number of amides is 2. The van der Waals surface area contributed by atoms with Gasteiger partial charge < -0.3 is 20.1 Å². The monoisotopic (exact) mass is 425 g/mol. The maximum Gasteiger partial charge on any atom is 0.329 e. The molecular weight excluding hydrogens is 402 g/mol. The number of ether oxygens (including phenoxy) is 2. The first-order chi connectivity index (χ1) is 13.8. The Labute approximate surface area is 168 Å². The number of nitrogens with zero attached hydrogens (tertiary/aromatic N) is 1. The van der Waals surface area contributed by atoms with Crippen LogP contribution in [0.1, 0.15) is 18.4 Å². The summed E-state index contributed by atoms with van der Waals surface area (Å²) in [6.07, 6.45) is 0.553. The van der Waals surface area contributed by atoms with E-state index in [-0.39, 0.29) is 36.0 Å². The molecule has 3 rings (SSSR count). The van der Waals surface area contributed by atoms with Crippen LogP contribution in [0.2, 0.25) is 0 Å². The summed E-state index contributed by atoms with van der Waals surface area (Å²) >= 11 is 0. The molecule has 1 aromatic rings. The van der Waals surface area contributed by atoms with Crippen LogP contribution in [0.5, 0.6) is 0 Å². The van der Waals surface area contributed by atoms with Crippen molar-refractivity contribution in [1.82, 2.24) is 9.62 Å². The topological polar surface area (TPSA) is 131 Å². The van der Waals surface area contributed by atoms with Crippen molar-refractivity contribution in [2.45, 2.75) is 30.7 Å². The Morgan fingerprint density at radius 3 is 2.69 bits per heavy atom. The molecule has 0 bridgehead atoms. The minimum absolute atomic E-state index is 0.0258. The Hall–Kier alpha value is -2.50. The molecule has 10 nitrogen and oxygen atoms in total. The van der Waals surface area contributed by atoms with Gasteiger partial charge in [-0.1, -0.05) is 6.07 Å². The molecule has 0 saturated carbocycles. The fourth-order valence-electron chi connectivity index (χ4n) is 3.09. The van der Waals surface area contributed by atoms with Gasteiger partial charge in [-0.2, -0.15) is 4.31 Å². The van der Waals surface area contributed by atoms with Crippen LogP contribution in [0.4, 0.5) is 5.69 Å². The fraction of sp³-hybridized carbons (Fsp3) is 0.500. The maximum atomic E-state index is 13.0. The molecule has 2 aliphatic rings. The first-order valence-corrected chi connectivity index (χ1v) is 10.7. The molecule has 2 amide bonds. The lowest BCUT2D eigenvalue weighted by molar-refractivity contribution is -0.149. The SMILES string of the molecule is Cc1ccc(NC(=O)COC(=O)[C@@H]2CCC(=O)N2)c(S(=O)(=O)N2CCOCC2)c1. The molecule has 1 atom stereocenters. The molecule has 2 N–H and O–H groups in total. The van der Waals surface area contributed by atoms with E-state index in [1.165, 1.54) is 16.4 Å². The van der Waals surface area contributed by atoms with Gasteiger partial charge in [-0.25, -0.2) is 13.2 Å². The van der Waals surface area contributed by atoms with Crippen LogP contribution >= 0.6 is 0 Å². The largest absolute Gasteiger partial charge is 0.454 e. The second-order valence-electron chi connectivity index (χ2n) is 6.83. The van der Waals surface area contributed by atoms with Crippen LogP contribution in [0.15, 0.2) is 23.1 Å². The highest BCUT2D eigenvalue weighted by molar-refractivity contribution is 7.89. The zero-order valence-electron chi connectivity index (χ0n) is 16.0. The lowest BCUT2D eigenvalue weighted by Crippen LogP contribution is -2.41. The second-order valence-corrected chi connectivity index (χ2v) is 8.74. The van der Waals surface area contributed by atoms with Gasteiger partial charge in [-0.05, 0) is 31.0 Å². The molecule has 0 spiro atoms. The minimum Gasteiger partial charge on any atom is -0.454 e. The van der Waals surface area contributed by atoms with E-state index in [0.29, 0.717) is 19.6 Å². The molecule has 1 aromatic carbocycles. The summed E-state index contributed by atoms with van der Waals surface area (Å²) < 4.78 is 37.5. The summed E-state index contributed by atoms with van der Waals surface area (Å²) in [4.78, 5) is 35.3. The van der Waals surface area contributed by atoms with Crippen molar-refractivity contribution in [2.24, 2.45) is 0 Å². The van der Waals surface area contributed by atoms with Gasteiger partial charge in [0.1, 0.15) is 10.9 Å². The Morgan fingerprint density at radius 1 is 1.31 bits per heavy atom. The van der Waals surface area contributed by atoms with Crippen molar-refractivity contribution in [1.29, 1.82) is 0 Å². The standard InChI is InChI=1S/C18H23N3O7S/c1-12-2-3-13(15(10-12)29(25,26)21-6-8-27-9-7-21)19-17(23)11-28-18(24)14-4-5-16(22)20-14/h2-3,10,14H,4-9,11H2,1H3,(H,19,23)(H,20,22)/t14-/m0/s1. The van der Waals surface area contributed by atoms with Crippen LogP contribution in [-0.2, 0) is 33.9 Å². The van der Waals surface area contributed by atoms with Crippen LogP contribution in [0.25, 0.3) is 0 Å². The van der Waals surface area contributed by atoms with E-state index in [2.05, 4.69) is 10.6 Å². The highest BCUT2D eigenvalue weighted by Gasteiger charge is 2.30. The highest BCUT2D eigenvalue weighted by atomic mass is 32.2. The summed E-state index contributed by atoms with van der Waals surface area (Å²) in [6.45, 7) is 2.24. The number of sulfonamides is 1. The predicted octanol–water partition coefficient (Wildman–Crippen LogP) is -0.224. The molecule has 0 aliphatic carbocycles. The predicted molar refractivity (Wildman–Crippen MR) is 102 cm³/mol. The van der Waals surface area contributed by atoms with Crippen molar-refractivity contribution in [3.05, 3.63) is 23.8 Å². The van der Waals surface area contributed by atoms with Crippen LogP contribution < -0.4 is 10.6 Å². The van der Waals surface area contributed by atoms with Crippen molar-refractivity contribution in [3.8, 4) is 0 Å². The summed E-state index contributed by atoms with van der Waals surface area (Å²) in [6, 6.07) is 3.90. The lowest BCUT2D eigenvalue weighted by atomic mass is 10.2. The third-order valence-corrected chi connectivity index (χ3v) is 6.56. The van der Waals surface area contributed by atoms with Crippen molar-refractivity contribution >= 4 is 33.5 Å². The normalized spacial score (nSPS) is 20.2. The third-order valence-electron chi connectivity index (χ3n) is 4.62. The molecule has 29 heavy (non-hydrogen) atoms. The van der Waals surface area contributed by atoms with Crippen LogP contribution in [0.3, 0.4) is 0 Å². The van der Waals surface area contributed by atoms with Gasteiger partial charge in [0.05, 0.1) is 18.9 Å². The average molecular weight is 425 g/mol. The molecule has 2 heterocycles. The highest BCUT2D eigenvalue weighted by Crippen LogP contribution is 2.26. The van der Waals surface area contributed by atoms with E-state index in [1.54, 1.807) is 13.0 Å². The third kappa shape index (κ3) is 5.11. The molecule has 2 fully saturated rings. The molecule has 0 unspecified atom stereocenters. The lowest BCUT2D eigenvalue weighted by Gasteiger charge is -2.27. The van der Waals surface area contributed by atoms with Crippen molar-refractivity contribution < 1.29 is 32.3 Å². The van der Waals surface area contributed by atoms with E-state index in [1.807, 2.05) is 0 Å². The van der Waals surface area contributed by atoms with E-state index in [0.717, 1.165) is 5.56 Å². The zero-order valence-corrected chi connectivity index (χ0v) is 16.8. The van der Waals surface area contributed by atoms with Crippen LogP contribution in [-0.4, -0.2) is 69.5 Å². The maximum absolute atomic E-state index is 13.0. The van der Waals surface area contributed by atoms with Crippen molar-refractivity contribution in [2.75, 3.05) is 38.2 Å². The van der Waals surface area contributed by atoms with Gasteiger partial charge in [0.15, 0.2) is 6.61 Å². The summed E-state index contributed by atoms with van der Waals surface area (Å²) in [7, 11) is -3.83. The van der Waals surface area contributed by atoms with Gasteiger partial charge in [0.2, 0.25) is 15.9 Å². The van der Waals surface area contributed by atoms with Gasteiger partial charge in [0, 0.05) is 19.5 Å². The van der Waals surface area contributed by atoms with Gasteiger partial charge in [0.25, 0.3) is 5.91 Å². The van der Waals surface area contributed by atoms with E-state index >= 15 is 0 Å². The van der Waals surface area contributed by atoms with E-state index in [4.69, 9.17) is 9.47 Å². The first-order valence-electron chi connectivity index (χ1n) is 9.22. The fourth-order valence-corrected chi connectivity index (χ4v) is 4.73. The Balaban J connectivity index is 1.68. The smallest absolute Gasteiger partial charge is 0.329 e. The van der Waals surface area contributed by atoms with Gasteiger partial charge in [-0.15, -0.1) is 0 Å². The number of morpholine rings is 1. The number of carbonyl (C=O) groups is 3. The molecule has 2 aliphatic heterocycles.